The standard InChI is InChI=1S/C24H22F2N6O/c25-24(26,23(27)33)17-4-3-5-19(12-17)31-10-8-18(9-11-31)32-15-16(13-29-32)22-14-28-20-6-1-2-7-21(20)30-22/h1-7,12-15,18H,8-11H2,(H2,27,33). The van der Waals surface area contributed by atoms with E-state index in [-0.39, 0.29) is 11.6 Å². The average Bonchev–Trinajstić information content (AvgIpc) is 3.34. The Hall–Kier alpha value is -3.88. The summed E-state index contributed by atoms with van der Waals surface area (Å²) in [6, 6.07) is 13.8. The molecule has 1 amide bonds. The van der Waals surface area contributed by atoms with Gasteiger partial charge in [-0.05, 0) is 37.1 Å². The fraction of sp³-hybridized carbons (Fsp3) is 0.250. The first-order valence-corrected chi connectivity index (χ1v) is 10.7. The van der Waals surface area contributed by atoms with Crippen LogP contribution in [-0.4, -0.2) is 38.7 Å². The molecule has 0 spiro atoms. The number of fused-ring (bicyclic) bond motifs is 1. The van der Waals surface area contributed by atoms with Crippen LogP contribution < -0.4 is 10.6 Å². The van der Waals surface area contributed by atoms with E-state index in [1.807, 2.05) is 40.0 Å². The van der Waals surface area contributed by atoms with E-state index in [2.05, 4.69) is 15.1 Å². The normalized spacial score (nSPS) is 15.2. The minimum atomic E-state index is -3.69. The Balaban J connectivity index is 1.28. The van der Waals surface area contributed by atoms with Gasteiger partial charge in [0.2, 0.25) is 0 Å². The Labute approximate surface area is 188 Å². The monoisotopic (exact) mass is 448 g/mol. The molecule has 0 unspecified atom stereocenters. The summed E-state index contributed by atoms with van der Waals surface area (Å²) in [7, 11) is 0. The van der Waals surface area contributed by atoms with E-state index in [1.54, 1.807) is 18.5 Å². The van der Waals surface area contributed by atoms with Crippen LogP contribution in [0.1, 0.15) is 24.4 Å². The number of alkyl halides is 2. The van der Waals surface area contributed by atoms with Crippen LogP contribution >= 0.6 is 0 Å². The molecule has 0 saturated carbocycles. The first kappa shape index (κ1) is 21.0. The molecule has 1 fully saturated rings. The van der Waals surface area contributed by atoms with Gasteiger partial charge in [-0.25, -0.2) is 4.98 Å². The van der Waals surface area contributed by atoms with Gasteiger partial charge in [0.25, 0.3) is 5.91 Å². The Kier molecular flexibility index (Phi) is 5.24. The van der Waals surface area contributed by atoms with Gasteiger partial charge in [0, 0.05) is 36.1 Å². The van der Waals surface area contributed by atoms with Crippen molar-refractivity contribution >= 4 is 22.6 Å². The maximum Gasteiger partial charge on any atom is 0.349 e. The largest absolute Gasteiger partial charge is 0.371 e. The molecule has 168 valence electrons. The van der Waals surface area contributed by atoms with Crippen molar-refractivity contribution in [1.82, 2.24) is 19.7 Å². The van der Waals surface area contributed by atoms with E-state index in [0.717, 1.165) is 35.1 Å². The SMILES string of the molecule is NC(=O)C(F)(F)c1cccc(N2CCC(n3cc(-c4cnc5ccccc5n4)cn3)CC2)c1. The van der Waals surface area contributed by atoms with Gasteiger partial charge >= 0.3 is 5.92 Å². The molecule has 7 nitrogen and oxygen atoms in total. The predicted molar refractivity (Wildman–Crippen MR) is 121 cm³/mol. The van der Waals surface area contributed by atoms with Crippen LogP contribution in [0.3, 0.4) is 0 Å². The van der Waals surface area contributed by atoms with Crippen molar-refractivity contribution in [2.24, 2.45) is 5.73 Å². The topological polar surface area (TPSA) is 89.9 Å². The summed E-state index contributed by atoms with van der Waals surface area (Å²) in [6.07, 6.45) is 7.14. The number of hydrogen-bond donors (Lipinski definition) is 1. The minimum absolute atomic E-state index is 0.193. The number of carbonyl (C=O) groups is 1. The molecule has 3 heterocycles. The number of aromatic nitrogens is 4. The average molecular weight is 448 g/mol. The van der Waals surface area contributed by atoms with E-state index in [1.165, 1.54) is 18.2 Å². The van der Waals surface area contributed by atoms with Crippen LogP contribution in [0, 0.1) is 0 Å². The van der Waals surface area contributed by atoms with Crippen molar-refractivity contribution in [3.63, 3.8) is 0 Å². The highest BCUT2D eigenvalue weighted by Gasteiger charge is 2.39. The van der Waals surface area contributed by atoms with Crippen molar-refractivity contribution in [3.05, 3.63) is 72.7 Å². The molecule has 2 aromatic heterocycles. The fourth-order valence-electron chi connectivity index (χ4n) is 4.20. The Morgan fingerprint density at radius 2 is 1.79 bits per heavy atom. The van der Waals surface area contributed by atoms with E-state index in [9.17, 15) is 13.6 Å². The molecule has 0 aliphatic carbocycles. The lowest BCUT2D eigenvalue weighted by Gasteiger charge is -2.34. The second-order valence-corrected chi connectivity index (χ2v) is 8.16. The molecule has 0 bridgehead atoms. The lowest BCUT2D eigenvalue weighted by molar-refractivity contribution is -0.143. The molecule has 2 N–H and O–H groups in total. The van der Waals surface area contributed by atoms with Gasteiger partial charge in [0.15, 0.2) is 0 Å². The number of benzene rings is 2. The van der Waals surface area contributed by atoms with Gasteiger partial charge in [-0.2, -0.15) is 13.9 Å². The summed E-state index contributed by atoms with van der Waals surface area (Å²) in [5.41, 5.74) is 8.48. The van der Waals surface area contributed by atoms with E-state index >= 15 is 0 Å². The number of halogens is 2. The molecule has 0 atom stereocenters. The lowest BCUT2D eigenvalue weighted by atomic mass is 10.0. The number of hydrogen-bond acceptors (Lipinski definition) is 5. The Morgan fingerprint density at radius 3 is 2.55 bits per heavy atom. The summed E-state index contributed by atoms with van der Waals surface area (Å²) in [5, 5.41) is 4.54. The highest BCUT2D eigenvalue weighted by molar-refractivity contribution is 5.83. The molecule has 1 aliphatic heterocycles. The molecule has 9 heteroatoms. The second kappa shape index (κ2) is 8.23. The zero-order chi connectivity index (χ0) is 23.0. The van der Waals surface area contributed by atoms with Crippen LogP contribution in [0.15, 0.2) is 67.1 Å². The number of nitrogens with two attached hydrogens (primary N) is 1. The predicted octanol–water partition coefficient (Wildman–Crippen LogP) is 3.91. The molecule has 4 aromatic rings. The molecule has 0 radical (unpaired) electrons. The smallest absolute Gasteiger partial charge is 0.349 e. The van der Waals surface area contributed by atoms with Crippen LogP contribution in [0.5, 0.6) is 0 Å². The third-order valence-electron chi connectivity index (χ3n) is 6.07. The first-order chi connectivity index (χ1) is 15.9. The number of rotatable bonds is 5. The molecule has 1 aliphatic rings. The number of amides is 1. The van der Waals surface area contributed by atoms with E-state index in [4.69, 9.17) is 5.73 Å². The Morgan fingerprint density at radius 1 is 1.03 bits per heavy atom. The van der Waals surface area contributed by atoms with Gasteiger partial charge in [-0.1, -0.05) is 24.3 Å². The maximum absolute atomic E-state index is 14.0. The highest BCUT2D eigenvalue weighted by Crippen LogP contribution is 2.33. The summed E-state index contributed by atoms with van der Waals surface area (Å²) >= 11 is 0. The zero-order valence-electron chi connectivity index (χ0n) is 17.7. The van der Waals surface area contributed by atoms with Gasteiger partial charge in [-0.15, -0.1) is 0 Å². The third-order valence-corrected chi connectivity index (χ3v) is 6.07. The number of primary amides is 1. The van der Waals surface area contributed by atoms with Crippen molar-refractivity contribution in [2.75, 3.05) is 18.0 Å². The van der Waals surface area contributed by atoms with Crippen molar-refractivity contribution in [3.8, 4) is 11.3 Å². The molecule has 5 rings (SSSR count). The number of nitrogens with zero attached hydrogens (tertiary/aromatic N) is 5. The van der Waals surface area contributed by atoms with Crippen molar-refractivity contribution < 1.29 is 13.6 Å². The first-order valence-electron chi connectivity index (χ1n) is 10.7. The minimum Gasteiger partial charge on any atom is -0.371 e. The maximum atomic E-state index is 14.0. The second-order valence-electron chi connectivity index (χ2n) is 8.16. The highest BCUT2D eigenvalue weighted by atomic mass is 19.3. The number of para-hydroxylation sites is 2. The van der Waals surface area contributed by atoms with Crippen LogP contribution in [0.2, 0.25) is 0 Å². The number of carbonyl (C=O) groups excluding carboxylic acids is 1. The molecule has 1 saturated heterocycles. The summed E-state index contributed by atoms with van der Waals surface area (Å²) in [4.78, 5) is 22.3. The van der Waals surface area contributed by atoms with Gasteiger partial charge < -0.3 is 10.6 Å². The van der Waals surface area contributed by atoms with Crippen LogP contribution in [0.4, 0.5) is 14.5 Å². The number of piperidine rings is 1. The third kappa shape index (κ3) is 4.02. The number of anilines is 1. The van der Waals surface area contributed by atoms with Crippen molar-refractivity contribution in [1.29, 1.82) is 0 Å². The van der Waals surface area contributed by atoms with Crippen LogP contribution in [0.25, 0.3) is 22.3 Å². The fourth-order valence-corrected chi connectivity index (χ4v) is 4.20. The molecular weight excluding hydrogens is 426 g/mol. The molecule has 2 aromatic carbocycles. The Bertz CT molecular complexity index is 1310. The molecule has 33 heavy (non-hydrogen) atoms. The van der Waals surface area contributed by atoms with E-state index in [0.29, 0.717) is 18.8 Å². The molecular formula is C24H22F2N6O. The van der Waals surface area contributed by atoms with Crippen LogP contribution in [-0.2, 0) is 10.7 Å². The van der Waals surface area contributed by atoms with Crippen molar-refractivity contribution in [2.45, 2.75) is 24.8 Å². The summed E-state index contributed by atoms with van der Waals surface area (Å²) < 4.78 is 30.0. The lowest BCUT2D eigenvalue weighted by Crippen LogP contribution is -2.36. The van der Waals surface area contributed by atoms with Gasteiger partial charge in [-0.3, -0.25) is 14.5 Å². The summed E-state index contributed by atoms with van der Waals surface area (Å²) in [6.45, 7) is 1.36. The zero-order valence-corrected chi connectivity index (χ0v) is 17.7. The van der Waals surface area contributed by atoms with Gasteiger partial charge in [0.05, 0.1) is 35.2 Å². The van der Waals surface area contributed by atoms with Gasteiger partial charge in [0.1, 0.15) is 0 Å². The quantitative estimate of drug-likeness (QED) is 0.500. The summed E-state index contributed by atoms with van der Waals surface area (Å²) in [5.74, 6) is -5.34. The van der Waals surface area contributed by atoms with E-state index < -0.39 is 11.8 Å².